The summed E-state index contributed by atoms with van der Waals surface area (Å²) in [4.78, 5) is 18.0. The van der Waals surface area contributed by atoms with Gasteiger partial charge >= 0.3 is 0 Å². The van der Waals surface area contributed by atoms with Gasteiger partial charge in [0.1, 0.15) is 12.4 Å². The predicted octanol–water partition coefficient (Wildman–Crippen LogP) is 8.31. The van der Waals surface area contributed by atoms with Gasteiger partial charge in [0.25, 0.3) is 5.91 Å². The number of nitrogens with one attached hydrogen (secondary N) is 1. The molecule has 5 aromatic rings. The van der Waals surface area contributed by atoms with E-state index in [1.54, 1.807) is 24.3 Å². The van der Waals surface area contributed by atoms with Gasteiger partial charge in [-0.25, -0.2) is 10.4 Å². The van der Waals surface area contributed by atoms with Crippen LogP contribution in [-0.2, 0) is 6.61 Å². The molecule has 1 aromatic heterocycles. The average Bonchev–Trinajstić information content (AvgIpc) is 2.93. The van der Waals surface area contributed by atoms with Crippen LogP contribution in [0.3, 0.4) is 0 Å². The van der Waals surface area contributed by atoms with E-state index in [0.29, 0.717) is 37.1 Å². The first-order valence-electron chi connectivity index (χ1n) is 11.6. The molecule has 5 nitrogen and oxygen atoms in total. The van der Waals surface area contributed by atoms with Gasteiger partial charge in [-0.15, -0.1) is 0 Å². The van der Waals surface area contributed by atoms with Crippen molar-refractivity contribution in [3.8, 4) is 17.0 Å². The van der Waals surface area contributed by atoms with Crippen LogP contribution in [0.25, 0.3) is 22.2 Å². The van der Waals surface area contributed by atoms with Crippen molar-refractivity contribution in [1.29, 1.82) is 0 Å². The molecule has 8 heteroatoms. The van der Waals surface area contributed by atoms with Crippen LogP contribution >= 0.6 is 39.1 Å². The number of halogens is 3. The van der Waals surface area contributed by atoms with Crippen LogP contribution in [0.2, 0.25) is 10.0 Å². The molecule has 188 valence electrons. The fourth-order valence-corrected chi connectivity index (χ4v) is 5.07. The molecule has 0 aliphatic heterocycles. The Hall–Kier alpha value is -3.71. The number of carbonyl (C=O) groups excluding carboxylic acids is 1. The number of hydrogen-bond donors (Lipinski definition) is 1. The van der Waals surface area contributed by atoms with Gasteiger partial charge in [0.15, 0.2) is 0 Å². The summed E-state index contributed by atoms with van der Waals surface area (Å²) in [5.74, 6) is 0.157. The van der Waals surface area contributed by atoms with E-state index in [1.165, 1.54) is 6.21 Å². The van der Waals surface area contributed by atoms with Crippen molar-refractivity contribution < 1.29 is 9.53 Å². The van der Waals surface area contributed by atoms with Gasteiger partial charge in [-0.3, -0.25) is 4.79 Å². The smallest absolute Gasteiger partial charge is 0.272 e. The predicted molar refractivity (Wildman–Crippen MR) is 157 cm³/mol. The zero-order chi connectivity index (χ0) is 26.5. The van der Waals surface area contributed by atoms with Gasteiger partial charge in [0.2, 0.25) is 0 Å². The monoisotopic (exact) mass is 603 g/mol. The molecule has 0 spiro atoms. The highest BCUT2D eigenvalue weighted by Crippen LogP contribution is 2.33. The van der Waals surface area contributed by atoms with Gasteiger partial charge in [-0.05, 0) is 46.3 Å². The standard InChI is InChI=1S/C30H20BrCl2N3O2/c31-25-15-22(32)14-21(29(25)38-18-20-10-4-6-12-26(20)33)17-34-36-30(37)24-16-28(19-8-2-1-3-9-19)35-27-13-7-5-11-23(24)27/h1-17H,18H2,(H,36,37)/b34-17-. The number of hydrazone groups is 1. The van der Waals surface area contributed by atoms with Crippen molar-refractivity contribution in [2.45, 2.75) is 6.61 Å². The SMILES string of the molecule is O=C(N/N=C\c1cc(Cl)cc(Br)c1OCc1ccccc1Cl)c1cc(-c2ccccc2)nc2ccccc12. The van der Waals surface area contributed by atoms with E-state index >= 15 is 0 Å². The molecule has 0 fully saturated rings. The number of fused-ring (bicyclic) bond motifs is 1. The van der Waals surface area contributed by atoms with Gasteiger partial charge < -0.3 is 4.74 Å². The van der Waals surface area contributed by atoms with Gasteiger partial charge in [-0.1, -0.05) is 89.9 Å². The van der Waals surface area contributed by atoms with E-state index in [0.717, 1.165) is 22.0 Å². The molecule has 1 amide bonds. The summed E-state index contributed by atoms with van der Waals surface area (Å²) in [6.45, 7) is 0.248. The Morgan fingerprint density at radius 3 is 2.50 bits per heavy atom. The van der Waals surface area contributed by atoms with E-state index in [9.17, 15) is 4.79 Å². The molecular weight excluding hydrogens is 585 g/mol. The van der Waals surface area contributed by atoms with E-state index in [1.807, 2.05) is 72.8 Å². The quantitative estimate of drug-likeness (QED) is 0.150. The largest absolute Gasteiger partial charge is 0.487 e. The Morgan fingerprint density at radius 1 is 0.947 bits per heavy atom. The number of hydrogen-bond acceptors (Lipinski definition) is 4. The second-order valence-electron chi connectivity index (χ2n) is 8.32. The summed E-state index contributed by atoms with van der Waals surface area (Å²) in [5, 5.41) is 6.04. The molecule has 0 atom stereocenters. The Morgan fingerprint density at radius 2 is 1.68 bits per heavy atom. The molecule has 0 aliphatic rings. The van der Waals surface area contributed by atoms with Crippen LogP contribution in [-0.4, -0.2) is 17.1 Å². The highest BCUT2D eigenvalue weighted by molar-refractivity contribution is 9.10. The Kier molecular flexibility index (Phi) is 8.03. The summed E-state index contributed by atoms with van der Waals surface area (Å²) < 4.78 is 6.70. The van der Waals surface area contributed by atoms with Crippen molar-refractivity contribution in [3.63, 3.8) is 0 Å². The summed E-state index contributed by atoms with van der Waals surface area (Å²) in [6, 6.07) is 29.9. The minimum Gasteiger partial charge on any atom is -0.487 e. The average molecular weight is 605 g/mol. The third-order valence-corrected chi connectivity index (χ3v) is 6.94. The highest BCUT2D eigenvalue weighted by Gasteiger charge is 2.14. The number of aromatic nitrogens is 1. The van der Waals surface area contributed by atoms with E-state index in [2.05, 4.69) is 26.5 Å². The summed E-state index contributed by atoms with van der Waals surface area (Å²) in [6.07, 6.45) is 1.50. The number of para-hydroxylation sites is 1. The second-order valence-corrected chi connectivity index (χ2v) is 10.0. The molecule has 0 saturated carbocycles. The van der Waals surface area contributed by atoms with Crippen LogP contribution in [0.5, 0.6) is 5.75 Å². The third-order valence-electron chi connectivity index (χ3n) is 5.77. The van der Waals surface area contributed by atoms with E-state index in [4.69, 9.17) is 32.9 Å². The van der Waals surface area contributed by atoms with Gasteiger partial charge in [0, 0.05) is 32.1 Å². The number of amides is 1. The molecule has 0 bridgehead atoms. The van der Waals surface area contributed by atoms with E-state index in [-0.39, 0.29) is 12.5 Å². The second kappa shape index (κ2) is 11.8. The molecule has 0 saturated heterocycles. The number of rotatable bonds is 7. The zero-order valence-corrected chi connectivity index (χ0v) is 23.0. The minimum absolute atomic E-state index is 0.248. The topological polar surface area (TPSA) is 63.6 Å². The van der Waals surface area contributed by atoms with Crippen LogP contribution in [0.1, 0.15) is 21.5 Å². The first kappa shape index (κ1) is 25.9. The summed E-state index contributed by atoms with van der Waals surface area (Å²) in [5.41, 5.74) is 6.86. The molecule has 0 aliphatic carbocycles. The summed E-state index contributed by atoms with van der Waals surface area (Å²) in [7, 11) is 0. The molecule has 0 unspecified atom stereocenters. The van der Waals surface area contributed by atoms with Crippen LogP contribution < -0.4 is 10.2 Å². The molecule has 1 N–H and O–H groups in total. The lowest BCUT2D eigenvalue weighted by molar-refractivity contribution is 0.0956. The molecule has 38 heavy (non-hydrogen) atoms. The number of ether oxygens (including phenoxy) is 1. The maximum absolute atomic E-state index is 13.3. The first-order chi connectivity index (χ1) is 18.5. The normalized spacial score (nSPS) is 11.1. The number of nitrogens with zero attached hydrogens (tertiary/aromatic N) is 2. The highest BCUT2D eigenvalue weighted by atomic mass is 79.9. The Labute approximate surface area is 238 Å². The lowest BCUT2D eigenvalue weighted by Gasteiger charge is -2.13. The van der Waals surface area contributed by atoms with Crippen LogP contribution in [0, 0.1) is 0 Å². The van der Waals surface area contributed by atoms with Crippen molar-refractivity contribution >= 4 is 62.2 Å². The maximum atomic E-state index is 13.3. The van der Waals surface area contributed by atoms with Crippen molar-refractivity contribution in [1.82, 2.24) is 10.4 Å². The van der Waals surface area contributed by atoms with E-state index < -0.39 is 0 Å². The lowest BCUT2D eigenvalue weighted by Crippen LogP contribution is -2.18. The maximum Gasteiger partial charge on any atom is 0.272 e. The fourth-order valence-electron chi connectivity index (χ4n) is 3.93. The fraction of sp³-hybridized carbons (Fsp3) is 0.0333. The molecule has 5 rings (SSSR count). The molecule has 0 radical (unpaired) electrons. The van der Waals surface area contributed by atoms with Crippen LogP contribution in [0.15, 0.2) is 107 Å². The summed E-state index contributed by atoms with van der Waals surface area (Å²) >= 11 is 16.1. The number of pyridine rings is 1. The third kappa shape index (κ3) is 5.89. The Balaban J connectivity index is 1.41. The van der Waals surface area contributed by atoms with Crippen LogP contribution in [0.4, 0.5) is 0 Å². The van der Waals surface area contributed by atoms with Crippen molar-refractivity contribution in [2.24, 2.45) is 5.10 Å². The van der Waals surface area contributed by atoms with Gasteiger partial charge in [-0.2, -0.15) is 5.10 Å². The minimum atomic E-state index is -0.364. The van der Waals surface area contributed by atoms with Gasteiger partial charge in [0.05, 0.1) is 27.5 Å². The molecule has 1 heterocycles. The zero-order valence-electron chi connectivity index (χ0n) is 19.9. The number of benzene rings is 4. The van der Waals surface area contributed by atoms with Crippen molar-refractivity contribution in [2.75, 3.05) is 0 Å². The first-order valence-corrected chi connectivity index (χ1v) is 13.2. The molecular formula is C30H20BrCl2N3O2. The van der Waals surface area contributed by atoms with Crippen molar-refractivity contribution in [3.05, 3.63) is 128 Å². The number of carbonyl (C=O) groups is 1. The lowest BCUT2D eigenvalue weighted by atomic mass is 10.0. The Bertz CT molecular complexity index is 1660. The molecule has 4 aromatic carbocycles.